The lowest BCUT2D eigenvalue weighted by atomic mass is 9.91. The van der Waals surface area contributed by atoms with Gasteiger partial charge in [-0.3, -0.25) is 4.79 Å². The molecule has 1 aliphatic carbocycles. The number of allylic oxidation sites excluding steroid dienone is 2. The van der Waals surface area contributed by atoms with Gasteiger partial charge in [-0.1, -0.05) is 6.08 Å². The zero-order chi connectivity index (χ0) is 10.1. The Balaban J connectivity index is 2.85. The molecule has 0 radical (unpaired) electrons. The van der Waals surface area contributed by atoms with Crippen LogP contribution in [0.3, 0.4) is 0 Å². The van der Waals surface area contributed by atoms with Crippen molar-refractivity contribution in [3.8, 4) is 0 Å². The molecule has 0 bridgehead atoms. The van der Waals surface area contributed by atoms with E-state index < -0.39 is 17.4 Å². The van der Waals surface area contributed by atoms with E-state index in [9.17, 15) is 14.0 Å². The number of carboxylic acid groups (broad SMARTS) is 1. The number of ketones is 1. The number of hydrogen-bond donors (Lipinski definition) is 1. The fourth-order valence-corrected chi connectivity index (χ4v) is 1.04. The summed E-state index contributed by atoms with van der Waals surface area (Å²) in [5.74, 6) is -1.72. The van der Waals surface area contributed by atoms with Crippen LogP contribution in [0.25, 0.3) is 0 Å². The molecule has 0 spiro atoms. The Bertz CT molecular complexity index is 317. The van der Waals surface area contributed by atoms with Crippen molar-refractivity contribution in [3.63, 3.8) is 0 Å². The summed E-state index contributed by atoms with van der Waals surface area (Å²) < 4.78 is 13.5. The van der Waals surface area contributed by atoms with Crippen molar-refractivity contribution in [2.75, 3.05) is 0 Å². The SMILES string of the molecule is CC(=O)C1(F)C=CC(C(=O)O)=CC1. The summed E-state index contributed by atoms with van der Waals surface area (Å²) in [6.07, 6.45) is 3.14. The van der Waals surface area contributed by atoms with Gasteiger partial charge in [-0.05, 0) is 19.1 Å². The lowest BCUT2D eigenvalue weighted by Crippen LogP contribution is -2.30. The van der Waals surface area contributed by atoms with E-state index in [0.717, 1.165) is 19.1 Å². The maximum absolute atomic E-state index is 13.5. The average Bonchev–Trinajstić information content (AvgIpc) is 2.04. The summed E-state index contributed by atoms with van der Waals surface area (Å²) in [5.41, 5.74) is -1.99. The Morgan fingerprint density at radius 2 is 2.23 bits per heavy atom. The normalized spacial score (nSPS) is 26.8. The number of rotatable bonds is 2. The van der Waals surface area contributed by atoms with E-state index in [4.69, 9.17) is 5.11 Å². The van der Waals surface area contributed by atoms with E-state index in [1.807, 2.05) is 0 Å². The van der Waals surface area contributed by atoms with E-state index in [1.54, 1.807) is 0 Å². The van der Waals surface area contributed by atoms with Crippen LogP contribution in [0.1, 0.15) is 13.3 Å². The summed E-state index contributed by atoms with van der Waals surface area (Å²) >= 11 is 0. The highest BCUT2D eigenvalue weighted by molar-refractivity contribution is 5.93. The lowest BCUT2D eigenvalue weighted by Gasteiger charge is -2.19. The molecule has 0 aromatic rings. The molecule has 0 saturated carbocycles. The fourth-order valence-electron chi connectivity index (χ4n) is 1.04. The van der Waals surface area contributed by atoms with Gasteiger partial charge in [0.25, 0.3) is 0 Å². The second-order valence-electron chi connectivity index (χ2n) is 2.92. The van der Waals surface area contributed by atoms with Crippen molar-refractivity contribution in [2.24, 2.45) is 0 Å². The highest BCUT2D eigenvalue weighted by atomic mass is 19.1. The van der Waals surface area contributed by atoms with Crippen molar-refractivity contribution in [2.45, 2.75) is 19.0 Å². The van der Waals surface area contributed by atoms with Gasteiger partial charge < -0.3 is 5.11 Å². The van der Waals surface area contributed by atoms with Crippen molar-refractivity contribution < 1.29 is 19.1 Å². The standard InChI is InChI=1S/C9H9FO3/c1-6(11)9(10)4-2-7(3-5-9)8(12)13/h2-4H,5H2,1H3,(H,12,13). The smallest absolute Gasteiger partial charge is 0.335 e. The van der Waals surface area contributed by atoms with Crippen LogP contribution in [0.2, 0.25) is 0 Å². The van der Waals surface area contributed by atoms with Crippen molar-refractivity contribution in [1.29, 1.82) is 0 Å². The maximum Gasteiger partial charge on any atom is 0.335 e. The first-order valence-electron chi connectivity index (χ1n) is 3.78. The number of Topliss-reactive ketones (excluding diaryl/α,β-unsaturated/α-hetero) is 1. The van der Waals surface area contributed by atoms with E-state index in [1.165, 1.54) is 6.08 Å². The minimum atomic E-state index is -2.01. The number of carbonyl (C=O) groups is 2. The number of carbonyl (C=O) groups excluding carboxylic acids is 1. The van der Waals surface area contributed by atoms with Gasteiger partial charge in [-0.15, -0.1) is 0 Å². The first kappa shape index (κ1) is 9.64. The van der Waals surface area contributed by atoms with Crippen LogP contribution in [-0.4, -0.2) is 22.5 Å². The van der Waals surface area contributed by atoms with Gasteiger partial charge in [0, 0.05) is 6.42 Å². The number of carboxylic acids is 1. The quantitative estimate of drug-likeness (QED) is 0.702. The zero-order valence-electron chi connectivity index (χ0n) is 7.08. The van der Waals surface area contributed by atoms with E-state index in [0.29, 0.717) is 0 Å². The Labute approximate surface area is 74.6 Å². The summed E-state index contributed by atoms with van der Waals surface area (Å²) in [6.45, 7) is 1.14. The zero-order valence-corrected chi connectivity index (χ0v) is 7.08. The van der Waals surface area contributed by atoms with Gasteiger partial charge in [-0.2, -0.15) is 0 Å². The van der Waals surface area contributed by atoms with Gasteiger partial charge in [0.15, 0.2) is 11.5 Å². The van der Waals surface area contributed by atoms with Crippen molar-refractivity contribution in [3.05, 3.63) is 23.8 Å². The molecule has 0 saturated heterocycles. The van der Waals surface area contributed by atoms with Crippen LogP contribution in [0.15, 0.2) is 23.8 Å². The molecule has 0 aromatic carbocycles. The molecule has 13 heavy (non-hydrogen) atoms. The van der Waals surface area contributed by atoms with Crippen LogP contribution >= 0.6 is 0 Å². The molecule has 0 aromatic heterocycles. The van der Waals surface area contributed by atoms with Crippen LogP contribution in [0.4, 0.5) is 4.39 Å². The predicted molar refractivity (Wildman–Crippen MR) is 44.0 cm³/mol. The third-order valence-electron chi connectivity index (χ3n) is 1.98. The first-order chi connectivity index (χ1) is 5.96. The molecule has 0 heterocycles. The molecule has 0 amide bonds. The third kappa shape index (κ3) is 1.83. The fraction of sp³-hybridized carbons (Fsp3) is 0.333. The predicted octanol–water partition coefficient (Wildman–Crippen LogP) is 1.25. The molecule has 1 N–H and O–H groups in total. The second-order valence-corrected chi connectivity index (χ2v) is 2.92. The van der Waals surface area contributed by atoms with E-state index in [-0.39, 0.29) is 12.0 Å². The Morgan fingerprint density at radius 3 is 2.54 bits per heavy atom. The summed E-state index contributed by atoms with van der Waals surface area (Å²) in [7, 11) is 0. The first-order valence-corrected chi connectivity index (χ1v) is 3.78. The van der Waals surface area contributed by atoms with Gasteiger partial charge in [-0.25, -0.2) is 9.18 Å². The average molecular weight is 184 g/mol. The minimum Gasteiger partial charge on any atom is -0.478 e. The van der Waals surface area contributed by atoms with Gasteiger partial charge in [0.1, 0.15) is 0 Å². The number of hydrogen-bond acceptors (Lipinski definition) is 2. The molecule has 1 rings (SSSR count). The summed E-state index contributed by atoms with van der Waals surface area (Å²) in [6, 6.07) is 0. The molecule has 3 nitrogen and oxygen atoms in total. The Kier molecular flexibility index (Phi) is 2.32. The van der Waals surface area contributed by atoms with Crippen LogP contribution in [0.5, 0.6) is 0 Å². The molecule has 0 aliphatic heterocycles. The largest absolute Gasteiger partial charge is 0.478 e. The molecule has 0 fully saturated rings. The number of alkyl halides is 1. The molecule has 4 heteroatoms. The highest BCUT2D eigenvalue weighted by Gasteiger charge is 2.33. The van der Waals surface area contributed by atoms with Crippen LogP contribution in [-0.2, 0) is 9.59 Å². The molecular formula is C9H9FO3. The Hall–Kier alpha value is -1.45. The third-order valence-corrected chi connectivity index (χ3v) is 1.98. The molecule has 1 unspecified atom stereocenters. The lowest BCUT2D eigenvalue weighted by molar-refractivity contribution is -0.132. The van der Waals surface area contributed by atoms with E-state index in [2.05, 4.69) is 0 Å². The monoisotopic (exact) mass is 184 g/mol. The Morgan fingerprint density at radius 1 is 1.62 bits per heavy atom. The van der Waals surface area contributed by atoms with Crippen LogP contribution < -0.4 is 0 Å². The van der Waals surface area contributed by atoms with Gasteiger partial charge in [0.05, 0.1) is 5.57 Å². The van der Waals surface area contributed by atoms with Gasteiger partial charge in [0.2, 0.25) is 0 Å². The molecule has 70 valence electrons. The highest BCUT2D eigenvalue weighted by Crippen LogP contribution is 2.25. The number of halogens is 1. The molecule has 1 aliphatic rings. The summed E-state index contributed by atoms with van der Waals surface area (Å²) in [4.78, 5) is 21.2. The topological polar surface area (TPSA) is 54.4 Å². The minimum absolute atomic E-state index is 0.0227. The molecular weight excluding hydrogens is 175 g/mol. The molecule has 1 atom stereocenters. The van der Waals surface area contributed by atoms with Crippen molar-refractivity contribution in [1.82, 2.24) is 0 Å². The summed E-state index contributed by atoms with van der Waals surface area (Å²) in [5, 5.41) is 8.52. The van der Waals surface area contributed by atoms with Gasteiger partial charge >= 0.3 is 5.97 Å². The van der Waals surface area contributed by atoms with E-state index >= 15 is 0 Å². The number of aliphatic carboxylic acids is 1. The van der Waals surface area contributed by atoms with Crippen molar-refractivity contribution >= 4 is 11.8 Å². The second kappa shape index (κ2) is 3.12. The maximum atomic E-state index is 13.5. The van der Waals surface area contributed by atoms with Crippen LogP contribution in [0, 0.1) is 0 Å².